The Bertz CT molecular complexity index is 117. The van der Waals surface area contributed by atoms with E-state index >= 15 is 0 Å². The molecule has 0 amide bonds. The summed E-state index contributed by atoms with van der Waals surface area (Å²) in [7, 11) is 0. The molecule has 1 nitrogen and oxygen atoms in total. The molecule has 60 valence electrons. The van der Waals surface area contributed by atoms with Crippen molar-refractivity contribution in [3.8, 4) is 0 Å². The molecule has 0 aliphatic rings. The van der Waals surface area contributed by atoms with Crippen molar-refractivity contribution < 1.29 is 18.0 Å². The summed E-state index contributed by atoms with van der Waals surface area (Å²) in [5.74, 6) is -0.727. The van der Waals surface area contributed by atoms with E-state index in [0.717, 1.165) is 0 Å². The van der Waals surface area contributed by atoms with Gasteiger partial charge in [-0.25, -0.2) is 0 Å². The Morgan fingerprint density at radius 3 is 2.20 bits per heavy atom. The predicted molar refractivity (Wildman–Crippen MR) is 30.6 cm³/mol. The average Bonchev–Trinajstić information content (AvgIpc) is 1.59. The van der Waals surface area contributed by atoms with E-state index < -0.39 is 18.4 Å². The van der Waals surface area contributed by atoms with Gasteiger partial charge in [-0.15, -0.1) is 0 Å². The lowest BCUT2D eigenvalue weighted by atomic mass is 10.2. The molecular weight excluding hydrogens is 145 g/mol. The number of Topliss-reactive ketones (excluding diaryl/α,β-unsaturated/α-hetero) is 1. The highest BCUT2D eigenvalue weighted by molar-refractivity contribution is 5.78. The largest absolute Gasteiger partial charge is 0.395 e. The lowest BCUT2D eigenvalue weighted by Gasteiger charge is -2.02. The van der Waals surface area contributed by atoms with Crippen LogP contribution in [0.15, 0.2) is 0 Å². The van der Waals surface area contributed by atoms with Crippen molar-refractivity contribution in [1.29, 1.82) is 0 Å². The molecule has 4 heteroatoms. The van der Waals surface area contributed by atoms with Gasteiger partial charge in [0.1, 0.15) is 12.2 Å². The van der Waals surface area contributed by atoms with Gasteiger partial charge < -0.3 is 0 Å². The quantitative estimate of drug-likeness (QED) is 0.609. The van der Waals surface area contributed by atoms with Crippen LogP contribution in [0.2, 0.25) is 0 Å². The summed E-state index contributed by atoms with van der Waals surface area (Å²) in [6, 6.07) is 0. The molecular formula is C6H9F3O. The number of alkyl halides is 3. The summed E-state index contributed by atoms with van der Waals surface area (Å²) < 4.78 is 34.2. The van der Waals surface area contributed by atoms with Crippen LogP contribution in [0.1, 0.15) is 26.2 Å². The highest BCUT2D eigenvalue weighted by Crippen LogP contribution is 2.20. The molecule has 0 heterocycles. The van der Waals surface area contributed by atoms with E-state index in [-0.39, 0.29) is 6.42 Å². The number of carbonyl (C=O) groups is 1. The topological polar surface area (TPSA) is 17.1 Å². The lowest BCUT2D eigenvalue weighted by Crippen LogP contribution is -2.14. The van der Waals surface area contributed by atoms with Gasteiger partial charge in [0, 0.05) is 6.42 Å². The maximum atomic E-state index is 11.4. The Labute approximate surface area is 57.2 Å². The van der Waals surface area contributed by atoms with E-state index in [1.807, 2.05) is 0 Å². The molecule has 0 aliphatic carbocycles. The van der Waals surface area contributed by atoms with Crippen LogP contribution in [0.5, 0.6) is 0 Å². The third kappa shape index (κ3) is 5.59. The first kappa shape index (κ1) is 9.46. The van der Waals surface area contributed by atoms with Crippen LogP contribution >= 0.6 is 0 Å². The SMILES string of the molecule is CCCC(=O)CC(F)(F)F. The monoisotopic (exact) mass is 154 g/mol. The third-order valence-electron chi connectivity index (χ3n) is 0.926. The standard InChI is InChI=1S/C6H9F3O/c1-2-3-5(10)4-6(7,8)9/h2-4H2,1H3. The van der Waals surface area contributed by atoms with E-state index in [1.54, 1.807) is 6.92 Å². The van der Waals surface area contributed by atoms with Gasteiger partial charge in [0.15, 0.2) is 0 Å². The Kier molecular flexibility index (Phi) is 3.39. The first-order valence-corrected chi connectivity index (χ1v) is 3.04. The zero-order valence-electron chi connectivity index (χ0n) is 5.66. The smallest absolute Gasteiger partial charge is 0.299 e. The second-order valence-corrected chi connectivity index (χ2v) is 2.08. The van der Waals surface area contributed by atoms with Crippen molar-refractivity contribution in [2.45, 2.75) is 32.4 Å². The molecule has 0 aromatic carbocycles. The first-order valence-electron chi connectivity index (χ1n) is 3.04. The Morgan fingerprint density at radius 2 is 1.90 bits per heavy atom. The fraction of sp³-hybridized carbons (Fsp3) is 0.833. The van der Waals surface area contributed by atoms with Gasteiger partial charge >= 0.3 is 6.18 Å². The maximum Gasteiger partial charge on any atom is 0.395 e. The van der Waals surface area contributed by atoms with E-state index in [9.17, 15) is 18.0 Å². The van der Waals surface area contributed by atoms with Crippen molar-refractivity contribution in [2.75, 3.05) is 0 Å². The Hall–Kier alpha value is -0.540. The molecule has 0 spiro atoms. The maximum absolute atomic E-state index is 11.4. The molecule has 0 aromatic rings. The van der Waals surface area contributed by atoms with Crippen molar-refractivity contribution in [3.63, 3.8) is 0 Å². The van der Waals surface area contributed by atoms with Crippen molar-refractivity contribution in [1.82, 2.24) is 0 Å². The minimum Gasteiger partial charge on any atom is -0.299 e. The summed E-state index contributed by atoms with van der Waals surface area (Å²) in [6.45, 7) is 1.67. The van der Waals surface area contributed by atoms with E-state index in [1.165, 1.54) is 0 Å². The van der Waals surface area contributed by atoms with Crippen LogP contribution in [0.4, 0.5) is 13.2 Å². The van der Waals surface area contributed by atoms with Gasteiger partial charge in [-0.1, -0.05) is 6.92 Å². The highest BCUT2D eigenvalue weighted by Gasteiger charge is 2.30. The van der Waals surface area contributed by atoms with E-state index in [2.05, 4.69) is 0 Å². The summed E-state index contributed by atoms with van der Waals surface area (Å²) in [5, 5.41) is 0. The molecule has 0 saturated heterocycles. The van der Waals surface area contributed by atoms with Gasteiger partial charge in [0.2, 0.25) is 0 Å². The van der Waals surface area contributed by atoms with Gasteiger partial charge in [-0.2, -0.15) is 13.2 Å². The molecule has 0 aliphatic heterocycles. The molecule has 0 bridgehead atoms. The first-order chi connectivity index (χ1) is 4.45. The number of rotatable bonds is 3. The van der Waals surface area contributed by atoms with Gasteiger partial charge in [-0.05, 0) is 6.42 Å². The fourth-order valence-corrected chi connectivity index (χ4v) is 0.591. The molecule has 0 rings (SSSR count). The zero-order valence-corrected chi connectivity index (χ0v) is 5.66. The van der Waals surface area contributed by atoms with Gasteiger partial charge in [0.25, 0.3) is 0 Å². The van der Waals surface area contributed by atoms with Crippen molar-refractivity contribution in [3.05, 3.63) is 0 Å². The number of carbonyl (C=O) groups excluding carboxylic acids is 1. The van der Waals surface area contributed by atoms with Crippen molar-refractivity contribution >= 4 is 5.78 Å². The van der Waals surface area contributed by atoms with Crippen LogP contribution in [-0.2, 0) is 4.79 Å². The molecule has 0 unspecified atom stereocenters. The molecule has 0 fully saturated rings. The number of ketones is 1. The van der Waals surface area contributed by atoms with Crippen LogP contribution in [0, 0.1) is 0 Å². The molecule has 0 N–H and O–H groups in total. The minimum absolute atomic E-state index is 0.0273. The Balaban J connectivity index is 3.58. The summed E-state index contributed by atoms with van der Waals surface area (Å²) >= 11 is 0. The molecule has 0 aromatic heterocycles. The average molecular weight is 154 g/mol. The molecule has 0 radical (unpaired) electrons. The van der Waals surface area contributed by atoms with Gasteiger partial charge in [0.05, 0.1) is 0 Å². The van der Waals surface area contributed by atoms with Crippen LogP contribution < -0.4 is 0 Å². The zero-order chi connectivity index (χ0) is 8.20. The van der Waals surface area contributed by atoms with Crippen LogP contribution in [0.3, 0.4) is 0 Å². The van der Waals surface area contributed by atoms with Crippen LogP contribution in [-0.4, -0.2) is 12.0 Å². The van der Waals surface area contributed by atoms with Gasteiger partial charge in [-0.3, -0.25) is 4.79 Å². The van der Waals surface area contributed by atoms with E-state index in [4.69, 9.17) is 0 Å². The van der Waals surface area contributed by atoms with Crippen molar-refractivity contribution in [2.24, 2.45) is 0 Å². The fourth-order valence-electron chi connectivity index (χ4n) is 0.591. The third-order valence-corrected chi connectivity index (χ3v) is 0.926. The normalized spacial score (nSPS) is 11.6. The molecule has 0 saturated carbocycles. The lowest BCUT2D eigenvalue weighted by molar-refractivity contribution is -0.152. The number of hydrogen-bond donors (Lipinski definition) is 0. The summed E-state index contributed by atoms with van der Waals surface area (Å²) in [6.07, 6.45) is -5.10. The minimum atomic E-state index is -4.33. The van der Waals surface area contributed by atoms with Crippen LogP contribution in [0.25, 0.3) is 0 Å². The number of halogens is 3. The number of hydrogen-bond acceptors (Lipinski definition) is 1. The molecule has 0 atom stereocenters. The van der Waals surface area contributed by atoms with E-state index in [0.29, 0.717) is 6.42 Å². The second kappa shape index (κ2) is 3.58. The predicted octanol–water partition coefficient (Wildman–Crippen LogP) is 2.31. The summed E-state index contributed by atoms with van der Waals surface area (Å²) in [5.41, 5.74) is 0. The Morgan fingerprint density at radius 1 is 1.40 bits per heavy atom. The highest BCUT2D eigenvalue weighted by atomic mass is 19.4. The molecule has 10 heavy (non-hydrogen) atoms. The summed E-state index contributed by atoms with van der Waals surface area (Å²) in [4.78, 5) is 10.3. The second-order valence-electron chi connectivity index (χ2n) is 2.08.